The molecule has 0 bridgehead atoms. The summed E-state index contributed by atoms with van der Waals surface area (Å²) in [5.41, 5.74) is 2.47. The molecule has 4 heterocycles. The van der Waals surface area contributed by atoms with Gasteiger partial charge in [0.15, 0.2) is 5.65 Å². The zero-order valence-corrected chi connectivity index (χ0v) is 14.5. The van der Waals surface area contributed by atoms with Crippen LogP contribution in [0, 0.1) is 0 Å². The Morgan fingerprint density at radius 3 is 2.64 bits per heavy atom. The van der Waals surface area contributed by atoms with Crippen molar-refractivity contribution in [1.82, 2.24) is 29.7 Å². The molecule has 0 unspecified atom stereocenters. The van der Waals surface area contributed by atoms with Crippen molar-refractivity contribution in [3.63, 3.8) is 0 Å². The first kappa shape index (κ1) is 16.0. The summed E-state index contributed by atoms with van der Waals surface area (Å²) >= 11 is 1.39. The third-order valence-electron chi connectivity index (χ3n) is 4.24. The quantitative estimate of drug-likeness (QED) is 0.669. The first-order valence-corrected chi connectivity index (χ1v) is 9.33. The van der Waals surface area contributed by atoms with E-state index in [0.717, 1.165) is 37.2 Å². The van der Waals surface area contributed by atoms with Crippen molar-refractivity contribution in [2.45, 2.75) is 24.4 Å². The van der Waals surface area contributed by atoms with Crippen LogP contribution in [0.3, 0.4) is 0 Å². The van der Waals surface area contributed by atoms with Gasteiger partial charge in [0.25, 0.3) is 0 Å². The fourth-order valence-electron chi connectivity index (χ4n) is 2.90. The molecule has 1 saturated heterocycles. The van der Waals surface area contributed by atoms with Gasteiger partial charge in [-0.2, -0.15) is 9.61 Å². The van der Waals surface area contributed by atoms with Crippen LogP contribution in [-0.2, 0) is 4.79 Å². The van der Waals surface area contributed by atoms with Crippen LogP contribution in [0.5, 0.6) is 0 Å². The maximum atomic E-state index is 12.3. The molecule has 25 heavy (non-hydrogen) atoms. The normalized spacial score (nSPS) is 14.8. The van der Waals surface area contributed by atoms with Crippen LogP contribution in [0.4, 0.5) is 0 Å². The molecular formula is C17H18N6OS. The number of fused-ring (bicyclic) bond motifs is 1. The standard InChI is InChI=1S/C17H18N6OS/c24-16(22-10-2-1-3-11-22)12-25-17-20-19-15-5-4-14(21-23(15)17)13-6-8-18-9-7-13/h4-9H,1-3,10-12H2. The topological polar surface area (TPSA) is 76.3 Å². The molecule has 0 aromatic carbocycles. The molecule has 1 amide bonds. The van der Waals surface area contributed by atoms with Crippen molar-refractivity contribution in [1.29, 1.82) is 0 Å². The van der Waals surface area contributed by atoms with Gasteiger partial charge in [0, 0.05) is 31.0 Å². The highest BCUT2D eigenvalue weighted by Gasteiger charge is 2.18. The van der Waals surface area contributed by atoms with E-state index in [-0.39, 0.29) is 5.91 Å². The van der Waals surface area contributed by atoms with Gasteiger partial charge in [-0.05, 0) is 43.5 Å². The number of hydrogen-bond donors (Lipinski definition) is 0. The van der Waals surface area contributed by atoms with Crippen molar-refractivity contribution in [3.05, 3.63) is 36.7 Å². The van der Waals surface area contributed by atoms with E-state index in [1.54, 1.807) is 16.9 Å². The summed E-state index contributed by atoms with van der Waals surface area (Å²) in [5, 5.41) is 13.6. The van der Waals surface area contributed by atoms with Gasteiger partial charge in [0.1, 0.15) is 0 Å². The van der Waals surface area contributed by atoms with Gasteiger partial charge in [-0.3, -0.25) is 9.78 Å². The Bertz CT molecular complexity index is 875. The molecular weight excluding hydrogens is 336 g/mol. The minimum absolute atomic E-state index is 0.159. The molecule has 0 saturated carbocycles. The van der Waals surface area contributed by atoms with Crippen LogP contribution in [-0.4, -0.2) is 54.4 Å². The molecule has 0 radical (unpaired) electrons. The summed E-state index contributed by atoms with van der Waals surface area (Å²) in [6.45, 7) is 1.73. The van der Waals surface area contributed by atoms with E-state index in [4.69, 9.17) is 0 Å². The molecule has 0 spiro atoms. The number of aromatic nitrogens is 5. The number of carbonyl (C=O) groups excluding carboxylic acids is 1. The van der Waals surface area contributed by atoms with Crippen molar-refractivity contribution >= 4 is 23.3 Å². The number of rotatable bonds is 4. The SMILES string of the molecule is O=C(CSc1nnc2ccc(-c3ccncc3)nn12)N1CCCCC1. The lowest BCUT2D eigenvalue weighted by molar-refractivity contribution is -0.129. The van der Waals surface area contributed by atoms with Gasteiger partial charge in [-0.1, -0.05) is 11.8 Å². The first-order chi connectivity index (χ1) is 12.3. The molecule has 1 aliphatic heterocycles. The smallest absolute Gasteiger partial charge is 0.233 e. The van der Waals surface area contributed by atoms with E-state index < -0.39 is 0 Å². The minimum atomic E-state index is 0.159. The van der Waals surface area contributed by atoms with Crippen molar-refractivity contribution in [2.75, 3.05) is 18.8 Å². The third-order valence-corrected chi connectivity index (χ3v) is 5.15. The van der Waals surface area contributed by atoms with Crippen LogP contribution in [0.2, 0.25) is 0 Å². The molecule has 3 aromatic rings. The van der Waals surface area contributed by atoms with Crippen LogP contribution < -0.4 is 0 Å². The molecule has 0 aliphatic carbocycles. The largest absolute Gasteiger partial charge is 0.342 e. The maximum absolute atomic E-state index is 12.3. The number of likely N-dealkylation sites (tertiary alicyclic amines) is 1. The lowest BCUT2D eigenvalue weighted by Gasteiger charge is -2.26. The summed E-state index contributed by atoms with van der Waals surface area (Å²) in [7, 11) is 0. The van der Waals surface area contributed by atoms with Crippen molar-refractivity contribution < 1.29 is 4.79 Å². The summed E-state index contributed by atoms with van der Waals surface area (Å²) < 4.78 is 1.70. The van der Waals surface area contributed by atoms with Gasteiger partial charge in [-0.15, -0.1) is 10.2 Å². The van der Waals surface area contributed by atoms with Crippen molar-refractivity contribution in [3.8, 4) is 11.3 Å². The zero-order chi connectivity index (χ0) is 17.1. The molecule has 1 fully saturated rings. The third kappa shape index (κ3) is 3.48. The second-order valence-electron chi connectivity index (χ2n) is 5.94. The summed E-state index contributed by atoms with van der Waals surface area (Å²) in [4.78, 5) is 18.3. The van der Waals surface area contributed by atoms with E-state index in [0.29, 0.717) is 16.6 Å². The highest BCUT2D eigenvalue weighted by molar-refractivity contribution is 7.99. The average molecular weight is 354 g/mol. The second kappa shape index (κ2) is 7.18. The van der Waals surface area contributed by atoms with E-state index in [1.807, 2.05) is 29.2 Å². The summed E-state index contributed by atoms with van der Waals surface area (Å²) in [5.74, 6) is 0.522. The predicted molar refractivity (Wildman–Crippen MR) is 95.2 cm³/mol. The number of hydrogen-bond acceptors (Lipinski definition) is 6. The Hall–Kier alpha value is -2.48. The van der Waals surface area contributed by atoms with Crippen LogP contribution in [0.15, 0.2) is 41.8 Å². The summed E-state index contributed by atoms with van der Waals surface area (Å²) in [6.07, 6.45) is 6.89. The molecule has 1 aliphatic rings. The Kier molecular flexibility index (Phi) is 4.60. The van der Waals surface area contributed by atoms with E-state index >= 15 is 0 Å². The lowest BCUT2D eigenvalue weighted by Crippen LogP contribution is -2.36. The molecule has 128 valence electrons. The van der Waals surface area contributed by atoms with Gasteiger partial charge < -0.3 is 4.90 Å². The second-order valence-corrected chi connectivity index (χ2v) is 6.88. The molecule has 3 aromatic heterocycles. The number of pyridine rings is 1. The summed E-state index contributed by atoms with van der Waals surface area (Å²) in [6, 6.07) is 7.61. The van der Waals surface area contributed by atoms with E-state index in [1.165, 1.54) is 18.2 Å². The fraction of sp³-hybridized carbons (Fsp3) is 0.353. The number of carbonyl (C=O) groups is 1. The fourth-order valence-corrected chi connectivity index (χ4v) is 3.69. The minimum Gasteiger partial charge on any atom is -0.342 e. The Morgan fingerprint density at radius 2 is 1.84 bits per heavy atom. The van der Waals surface area contributed by atoms with Gasteiger partial charge in [0.2, 0.25) is 11.1 Å². The molecule has 8 heteroatoms. The van der Waals surface area contributed by atoms with Crippen molar-refractivity contribution in [2.24, 2.45) is 0 Å². The van der Waals surface area contributed by atoms with Gasteiger partial charge in [0.05, 0.1) is 11.4 Å². The van der Waals surface area contributed by atoms with Gasteiger partial charge >= 0.3 is 0 Å². The maximum Gasteiger partial charge on any atom is 0.233 e. The number of nitrogens with zero attached hydrogens (tertiary/aromatic N) is 6. The van der Waals surface area contributed by atoms with E-state index in [2.05, 4.69) is 20.3 Å². The Balaban J connectivity index is 1.52. The average Bonchev–Trinajstić information content (AvgIpc) is 3.10. The van der Waals surface area contributed by atoms with Crippen LogP contribution in [0.25, 0.3) is 16.9 Å². The molecule has 4 rings (SSSR count). The van der Waals surface area contributed by atoms with Gasteiger partial charge in [-0.25, -0.2) is 0 Å². The Morgan fingerprint density at radius 1 is 1.04 bits per heavy atom. The first-order valence-electron chi connectivity index (χ1n) is 8.35. The van der Waals surface area contributed by atoms with Crippen LogP contribution in [0.1, 0.15) is 19.3 Å². The molecule has 0 N–H and O–H groups in total. The number of piperidine rings is 1. The number of thioether (sulfide) groups is 1. The molecule has 0 atom stereocenters. The lowest BCUT2D eigenvalue weighted by atomic mass is 10.1. The highest BCUT2D eigenvalue weighted by Crippen LogP contribution is 2.21. The van der Waals surface area contributed by atoms with Crippen LogP contribution >= 0.6 is 11.8 Å². The Labute approximate surface area is 149 Å². The van der Waals surface area contributed by atoms with E-state index in [9.17, 15) is 4.79 Å². The molecule has 7 nitrogen and oxygen atoms in total. The highest BCUT2D eigenvalue weighted by atomic mass is 32.2. The predicted octanol–water partition coefficient (Wildman–Crippen LogP) is 2.29. The zero-order valence-electron chi connectivity index (χ0n) is 13.7. The monoisotopic (exact) mass is 354 g/mol. The number of amides is 1.